The Balaban J connectivity index is 1.52. The molecule has 1 unspecified atom stereocenters. The Kier molecular flexibility index (Phi) is 7.33. The summed E-state index contributed by atoms with van der Waals surface area (Å²) in [4.78, 5) is 41.4. The number of rotatable bonds is 5. The van der Waals surface area contributed by atoms with Gasteiger partial charge in [-0.25, -0.2) is 8.42 Å². The highest BCUT2D eigenvalue weighted by atomic mass is 32.2. The fraction of sp³-hybridized carbons (Fsp3) is 0.864. The van der Waals surface area contributed by atoms with Gasteiger partial charge in [-0.2, -0.15) is 0 Å². The van der Waals surface area contributed by atoms with Gasteiger partial charge in [0.05, 0.1) is 17.4 Å². The summed E-state index contributed by atoms with van der Waals surface area (Å²) in [5.74, 6) is -0.815. The lowest BCUT2D eigenvalue weighted by atomic mass is 9.91. The molecule has 1 aliphatic carbocycles. The molecule has 0 bridgehead atoms. The molecule has 8 nitrogen and oxygen atoms in total. The van der Waals surface area contributed by atoms with E-state index in [-0.39, 0.29) is 47.9 Å². The first kappa shape index (κ1) is 24.0. The Bertz CT molecular complexity index is 789. The number of esters is 1. The number of piperidine rings is 1. The van der Waals surface area contributed by atoms with E-state index in [4.69, 9.17) is 4.74 Å². The second kappa shape index (κ2) is 9.46. The molecule has 9 heteroatoms. The average molecular weight is 457 g/mol. The minimum absolute atomic E-state index is 0.00342. The number of hydrogen-bond donors (Lipinski definition) is 0. The van der Waals surface area contributed by atoms with E-state index in [1.54, 1.807) is 9.80 Å². The molecule has 2 heterocycles. The normalized spacial score (nSPS) is 24.9. The van der Waals surface area contributed by atoms with Crippen molar-refractivity contribution in [2.45, 2.75) is 77.8 Å². The van der Waals surface area contributed by atoms with Gasteiger partial charge in [-0.15, -0.1) is 0 Å². The lowest BCUT2D eigenvalue weighted by molar-refractivity contribution is -0.159. The number of likely N-dealkylation sites (tertiary alicyclic amines) is 1. The van der Waals surface area contributed by atoms with Crippen molar-refractivity contribution < 1.29 is 27.5 Å². The van der Waals surface area contributed by atoms with Gasteiger partial charge in [0.25, 0.3) is 5.91 Å². The summed E-state index contributed by atoms with van der Waals surface area (Å²) in [6.45, 7) is 6.33. The third-order valence-electron chi connectivity index (χ3n) is 6.70. The molecule has 0 N–H and O–H groups in total. The maximum atomic E-state index is 13.0. The first-order chi connectivity index (χ1) is 14.5. The van der Waals surface area contributed by atoms with E-state index in [0.717, 1.165) is 25.7 Å². The topological polar surface area (TPSA) is 101 Å². The maximum Gasteiger partial charge on any atom is 0.309 e. The van der Waals surface area contributed by atoms with Crippen molar-refractivity contribution in [3.05, 3.63) is 0 Å². The minimum Gasteiger partial charge on any atom is -0.455 e. The third kappa shape index (κ3) is 5.99. The molecule has 2 saturated heterocycles. The van der Waals surface area contributed by atoms with Crippen LogP contribution in [0.1, 0.15) is 65.7 Å². The Hall–Kier alpha value is -1.64. The van der Waals surface area contributed by atoms with E-state index in [2.05, 4.69) is 0 Å². The molecular weight excluding hydrogens is 420 g/mol. The summed E-state index contributed by atoms with van der Waals surface area (Å²) >= 11 is 0. The van der Waals surface area contributed by atoms with Gasteiger partial charge in [-0.05, 0) is 32.1 Å². The van der Waals surface area contributed by atoms with Gasteiger partial charge in [-0.1, -0.05) is 33.6 Å². The third-order valence-corrected chi connectivity index (χ3v) is 8.45. The summed E-state index contributed by atoms with van der Waals surface area (Å²) in [5, 5.41) is 0. The lowest BCUT2D eigenvalue weighted by Crippen LogP contribution is -2.49. The van der Waals surface area contributed by atoms with Crippen molar-refractivity contribution in [3.63, 3.8) is 0 Å². The zero-order chi connectivity index (χ0) is 22.8. The van der Waals surface area contributed by atoms with Crippen LogP contribution in [0.2, 0.25) is 0 Å². The van der Waals surface area contributed by atoms with Crippen molar-refractivity contribution in [2.75, 3.05) is 31.2 Å². The first-order valence-electron chi connectivity index (χ1n) is 11.5. The van der Waals surface area contributed by atoms with Gasteiger partial charge in [0, 0.05) is 30.6 Å². The van der Waals surface area contributed by atoms with Gasteiger partial charge in [0.1, 0.15) is 0 Å². The zero-order valence-electron chi connectivity index (χ0n) is 19.0. The molecule has 0 aromatic rings. The van der Waals surface area contributed by atoms with Crippen LogP contribution in [-0.2, 0) is 29.0 Å². The van der Waals surface area contributed by atoms with E-state index >= 15 is 0 Å². The van der Waals surface area contributed by atoms with Crippen LogP contribution in [0, 0.1) is 11.3 Å². The molecule has 31 heavy (non-hydrogen) atoms. The van der Waals surface area contributed by atoms with Crippen molar-refractivity contribution >= 4 is 27.6 Å². The number of carbonyl (C=O) groups is 3. The standard InChI is InChI=1S/C22H36N2O6S/c1-22(2,3)21(27)23-11-8-16(9-12-23)20(26)30-14-19(25)24(17-6-4-5-7-17)18-10-13-31(28,29)15-18/h16-18H,4-15H2,1-3H3. The van der Waals surface area contributed by atoms with Gasteiger partial charge >= 0.3 is 5.97 Å². The Morgan fingerprint density at radius 2 is 1.58 bits per heavy atom. The molecule has 176 valence electrons. The summed E-state index contributed by atoms with van der Waals surface area (Å²) in [7, 11) is -3.11. The van der Waals surface area contributed by atoms with Crippen molar-refractivity contribution in [2.24, 2.45) is 11.3 Å². The average Bonchev–Trinajstić information content (AvgIpc) is 3.35. The van der Waals surface area contributed by atoms with Crippen LogP contribution in [0.5, 0.6) is 0 Å². The predicted octanol–water partition coefficient (Wildman–Crippen LogP) is 1.77. The predicted molar refractivity (Wildman–Crippen MR) is 116 cm³/mol. The quantitative estimate of drug-likeness (QED) is 0.585. The Morgan fingerprint density at radius 1 is 0.968 bits per heavy atom. The lowest BCUT2D eigenvalue weighted by Gasteiger charge is -2.35. The monoisotopic (exact) mass is 456 g/mol. The SMILES string of the molecule is CC(C)(C)C(=O)N1CCC(C(=O)OCC(=O)N(C2CCCC2)C2CCS(=O)(=O)C2)CC1. The molecule has 1 atom stereocenters. The number of carbonyl (C=O) groups excluding carboxylic acids is 3. The molecule has 0 aromatic carbocycles. The Labute approximate surface area is 185 Å². The van der Waals surface area contributed by atoms with Crippen molar-refractivity contribution in [3.8, 4) is 0 Å². The maximum absolute atomic E-state index is 13.0. The fourth-order valence-electron chi connectivity index (χ4n) is 5.00. The number of amides is 2. The second-order valence-electron chi connectivity index (χ2n) is 10.2. The van der Waals surface area contributed by atoms with Gasteiger partial charge in [-0.3, -0.25) is 14.4 Å². The molecule has 1 saturated carbocycles. The highest BCUT2D eigenvalue weighted by molar-refractivity contribution is 7.91. The molecule has 0 radical (unpaired) electrons. The highest BCUT2D eigenvalue weighted by Gasteiger charge is 2.39. The van der Waals surface area contributed by atoms with Crippen molar-refractivity contribution in [1.29, 1.82) is 0 Å². The Morgan fingerprint density at radius 3 is 2.10 bits per heavy atom. The molecule has 2 aliphatic heterocycles. The number of nitrogens with zero attached hydrogens (tertiary/aromatic N) is 2. The van der Waals surface area contributed by atoms with Crippen LogP contribution < -0.4 is 0 Å². The molecule has 3 aliphatic rings. The summed E-state index contributed by atoms with van der Waals surface area (Å²) in [6, 6.07) is -0.276. The zero-order valence-corrected chi connectivity index (χ0v) is 19.8. The van der Waals surface area contributed by atoms with E-state index in [1.165, 1.54) is 0 Å². The number of hydrogen-bond acceptors (Lipinski definition) is 6. The highest BCUT2D eigenvalue weighted by Crippen LogP contribution is 2.29. The molecule has 0 spiro atoms. The molecule has 3 rings (SSSR count). The van der Waals surface area contributed by atoms with E-state index in [1.807, 2.05) is 20.8 Å². The van der Waals surface area contributed by atoms with Crippen LogP contribution in [0.4, 0.5) is 0 Å². The summed E-state index contributed by atoms with van der Waals surface area (Å²) in [6.07, 6.45) is 5.31. The van der Waals surface area contributed by atoms with E-state index in [0.29, 0.717) is 32.4 Å². The van der Waals surface area contributed by atoms with Crippen molar-refractivity contribution in [1.82, 2.24) is 9.80 Å². The summed E-state index contributed by atoms with van der Waals surface area (Å²) in [5.41, 5.74) is -0.447. The molecule has 2 amide bonds. The van der Waals surface area contributed by atoms with Crippen LogP contribution in [0.15, 0.2) is 0 Å². The van der Waals surface area contributed by atoms with Crippen LogP contribution in [0.3, 0.4) is 0 Å². The number of sulfone groups is 1. The van der Waals surface area contributed by atoms with E-state index < -0.39 is 21.2 Å². The van der Waals surface area contributed by atoms with Gasteiger partial charge in [0.15, 0.2) is 16.4 Å². The van der Waals surface area contributed by atoms with Gasteiger partial charge in [0.2, 0.25) is 5.91 Å². The number of ether oxygens (including phenoxy) is 1. The van der Waals surface area contributed by atoms with Crippen LogP contribution in [0.25, 0.3) is 0 Å². The van der Waals surface area contributed by atoms with E-state index in [9.17, 15) is 22.8 Å². The largest absolute Gasteiger partial charge is 0.455 e. The fourth-order valence-corrected chi connectivity index (χ4v) is 6.71. The smallest absolute Gasteiger partial charge is 0.309 e. The minimum atomic E-state index is -3.11. The van der Waals surface area contributed by atoms with Crippen LogP contribution >= 0.6 is 0 Å². The second-order valence-corrected chi connectivity index (χ2v) is 12.4. The molecule has 3 fully saturated rings. The molecular formula is C22H36N2O6S. The summed E-state index contributed by atoms with van der Waals surface area (Å²) < 4.78 is 29.3. The first-order valence-corrected chi connectivity index (χ1v) is 13.3. The molecule has 0 aromatic heterocycles. The van der Waals surface area contributed by atoms with Crippen LogP contribution in [-0.4, -0.2) is 79.3 Å². The van der Waals surface area contributed by atoms with Gasteiger partial charge < -0.3 is 14.5 Å².